The van der Waals surface area contributed by atoms with E-state index >= 15 is 0 Å². The van der Waals surface area contributed by atoms with E-state index in [-0.39, 0.29) is 17.9 Å². The molecule has 4 atom stereocenters. The van der Waals surface area contributed by atoms with Crippen LogP contribution in [0.25, 0.3) is 0 Å². The molecule has 4 nitrogen and oxygen atoms in total. The molecule has 2 amide bonds. The van der Waals surface area contributed by atoms with Gasteiger partial charge in [-0.2, -0.15) is 0 Å². The first-order valence-electron chi connectivity index (χ1n) is 8.25. The summed E-state index contributed by atoms with van der Waals surface area (Å²) in [5, 5.41) is 2.89. The van der Waals surface area contributed by atoms with E-state index in [0.717, 1.165) is 31.2 Å². The van der Waals surface area contributed by atoms with Crippen LogP contribution in [0.1, 0.15) is 51.9 Å². The molecule has 4 unspecified atom stereocenters. The maximum Gasteiger partial charge on any atom is 0.245 e. The van der Waals surface area contributed by atoms with Crippen LogP contribution in [-0.4, -0.2) is 35.8 Å². The second kappa shape index (κ2) is 5.74. The molecule has 0 aromatic rings. The fourth-order valence-electron chi connectivity index (χ4n) is 4.44. The standard InChI is InChI=1S/C16H26N2O2/c1-2-3-14-16(20)18(7-6-15(19)17-14)10-13-9-11-4-5-12(13)8-11/h11-14H,2-10H2,1H3,(H,17,19). The van der Waals surface area contributed by atoms with Crippen molar-refractivity contribution in [3.63, 3.8) is 0 Å². The zero-order chi connectivity index (χ0) is 14.1. The second-order valence-electron chi connectivity index (χ2n) is 6.88. The minimum Gasteiger partial charge on any atom is -0.344 e. The molecule has 4 heteroatoms. The van der Waals surface area contributed by atoms with Gasteiger partial charge in [-0.15, -0.1) is 0 Å². The van der Waals surface area contributed by atoms with E-state index in [1.807, 2.05) is 4.90 Å². The highest BCUT2D eigenvalue weighted by Gasteiger charge is 2.41. The van der Waals surface area contributed by atoms with Gasteiger partial charge in [0.15, 0.2) is 0 Å². The topological polar surface area (TPSA) is 49.4 Å². The SMILES string of the molecule is CCCC1NC(=O)CCN(CC2CC3CCC2C3)C1=O. The van der Waals surface area contributed by atoms with Crippen molar-refractivity contribution in [3.05, 3.63) is 0 Å². The lowest BCUT2D eigenvalue weighted by atomic mass is 9.88. The molecule has 0 aromatic heterocycles. The van der Waals surface area contributed by atoms with Gasteiger partial charge in [-0.1, -0.05) is 19.8 Å². The van der Waals surface area contributed by atoms with Crippen LogP contribution in [0.4, 0.5) is 0 Å². The van der Waals surface area contributed by atoms with Crippen LogP contribution < -0.4 is 5.32 Å². The van der Waals surface area contributed by atoms with Crippen molar-refractivity contribution in [2.45, 2.75) is 57.9 Å². The molecule has 1 N–H and O–H groups in total. The highest BCUT2D eigenvalue weighted by Crippen LogP contribution is 2.48. The molecule has 1 aliphatic heterocycles. The molecule has 3 rings (SSSR count). The van der Waals surface area contributed by atoms with Crippen molar-refractivity contribution in [3.8, 4) is 0 Å². The van der Waals surface area contributed by atoms with E-state index < -0.39 is 0 Å². The number of hydrogen-bond donors (Lipinski definition) is 1. The lowest BCUT2D eigenvalue weighted by molar-refractivity contribution is -0.134. The van der Waals surface area contributed by atoms with Gasteiger partial charge in [-0.25, -0.2) is 0 Å². The molecule has 2 aliphatic carbocycles. The highest BCUT2D eigenvalue weighted by molar-refractivity contribution is 5.89. The zero-order valence-electron chi connectivity index (χ0n) is 12.4. The summed E-state index contributed by atoms with van der Waals surface area (Å²) in [7, 11) is 0. The van der Waals surface area contributed by atoms with Crippen molar-refractivity contribution < 1.29 is 9.59 Å². The fourth-order valence-corrected chi connectivity index (χ4v) is 4.44. The minimum atomic E-state index is -0.284. The molecule has 112 valence electrons. The summed E-state index contributed by atoms with van der Waals surface area (Å²) in [5.41, 5.74) is 0. The third-order valence-corrected chi connectivity index (χ3v) is 5.47. The Bertz CT molecular complexity index is 396. The molecule has 2 bridgehead atoms. The summed E-state index contributed by atoms with van der Waals surface area (Å²) >= 11 is 0. The van der Waals surface area contributed by atoms with Gasteiger partial charge in [-0.05, 0) is 43.4 Å². The molecule has 2 saturated carbocycles. The molecular weight excluding hydrogens is 252 g/mol. The average molecular weight is 278 g/mol. The molecule has 0 spiro atoms. The predicted octanol–water partition coefficient (Wildman–Crippen LogP) is 1.94. The van der Waals surface area contributed by atoms with E-state index in [1.54, 1.807) is 0 Å². The number of amides is 2. The molecule has 1 saturated heterocycles. The van der Waals surface area contributed by atoms with Crippen LogP contribution in [0.15, 0.2) is 0 Å². The third-order valence-electron chi connectivity index (χ3n) is 5.47. The van der Waals surface area contributed by atoms with Crippen LogP contribution in [-0.2, 0) is 9.59 Å². The molecular formula is C16H26N2O2. The van der Waals surface area contributed by atoms with Gasteiger partial charge in [0.05, 0.1) is 0 Å². The van der Waals surface area contributed by atoms with Crippen LogP contribution in [0.3, 0.4) is 0 Å². The number of nitrogens with zero attached hydrogens (tertiary/aromatic N) is 1. The summed E-state index contributed by atoms with van der Waals surface area (Å²) in [6.45, 7) is 3.55. The molecule has 0 radical (unpaired) electrons. The Hall–Kier alpha value is -1.06. The molecule has 20 heavy (non-hydrogen) atoms. The maximum absolute atomic E-state index is 12.6. The largest absolute Gasteiger partial charge is 0.344 e. The van der Waals surface area contributed by atoms with Crippen molar-refractivity contribution >= 4 is 11.8 Å². The number of rotatable bonds is 4. The Kier molecular flexibility index (Phi) is 3.99. The van der Waals surface area contributed by atoms with E-state index in [1.165, 1.54) is 25.7 Å². The third kappa shape index (κ3) is 2.70. The summed E-state index contributed by atoms with van der Waals surface area (Å²) in [5.74, 6) is 2.63. The minimum absolute atomic E-state index is 0.0345. The van der Waals surface area contributed by atoms with Crippen molar-refractivity contribution in [2.24, 2.45) is 17.8 Å². The normalized spacial score (nSPS) is 37.1. The first-order valence-corrected chi connectivity index (χ1v) is 8.25. The Morgan fingerprint density at radius 1 is 1.25 bits per heavy atom. The van der Waals surface area contributed by atoms with E-state index in [2.05, 4.69) is 12.2 Å². The Labute approximate surface area is 121 Å². The number of carbonyl (C=O) groups is 2. The quantitative estimate of drug-likeness (QED) is 0.854. The molecule has 1 heterocycles. The van der Waals surface area contributed by atoms with Gasteiger partial charge in [0.25, 0.3) is 0 Å². The molecule has 3 aliphatic rings. The van der Waals surface area contributed by atoms with Gasteiger partial charge in [-0.3, -0.25) is 9.59 Å². The Morgan fingerprint density at radius 3 is 2.75 bits per heavy atom. The first-order chi connectivity index (χ1) is 9.67. The highest BCUT2D eigenvalue weighted by atomic mass is 16.2. The summed E-state index contributed by atoms with van der Waals surface area (Å²) in [6.07, 6.45) is 7.58. The summed E-state index contributed by atoms with van der Waals surface area (Å²) in [6, 6.07) is -0.284. The van der Waals surface area contributed by atoms with Gasteiger partial charge >= 0.3 is 0 Å². The van der Waals surface area contributed by atoms with Crippen molar-refractivity contribution in [1.82, 2.24) is 10.2 Å². The van der Waals surface area contributed by atoms with Gasteiger partial charge in [0, 0.05) is 19.5 Å². The van der Waals surface area contributed by atoms with Gasteiger partial charge < -0.3 is 10.2 Å². The number of carbonyl (C=O) groups excluding carboxylic acids is 2. The lowest BCUT2D eigenvalue weighted by Crippen LogP contribution is -2.46. The smallest absolute Gasteiger partial charge is 0.245 e. The second-order valence-corrected chi connectivity index (χ2v) is 6.88. The zero-order valence-corrected chi connectivity index (χ0v) is 12.4. The fraction of sp³-hybridized carbons (Fsp3) is 0.875. The van der Waals surface area contributed by atoms with Gasteiger partial charge in [0.2, 0.25) is 11.8 Å². The summed E-state index contributed by atoms with van der Waals surface area (Å²) in [4.78, 5) is 26.3. The monoisotopic (exact) mass is 278 g/mol. The van der Waals surface area contributed by atoms with Crippen LogP contribution in [0, 0.1) is 17.8 Å². The molecule has 3 fully saturated rings. The van der Waals surface area contributed by atoms with E-state index in [4.69, 9.17) is 0 Å². The summed E-state index contributed by atoms with van der Waals surface area (Å²) < 4.78 is 0. The average Bonchev–Trinajstić information content (AvgIpc) is 3.01. The lowest BCUT2D eigenvalue weighted by Gasteiger charge is -2.30. The number of fused-ring (bicyclic) bond motifs is 2. The van der Waals surface area contributed by atoms with E-state index in [9.17, 15) is 9.59 Å². The molecule has 0 aromatic carbocycles. The van der Waals surface area contributed by atoms with Crippen LogP contribution in [0.5, 0.6) is 0 Å². The first kappa shape index (κ1) is 13.9. The van der Waals surface area contributed by atoms with Crippen molar-refractivity contribution in [1.29, 1.82) is 0 Å². The van der Waals surface area contributed by atoms with Crippen LogP contribution >= 0.6 is 0 Å². The predicted molar refractivity (Wildman–Crippen MR) is 77.0 cm³/mol. The van der Waals surface area contributed by atoms with E-state index in [0.29, 0.717) is 18.9 Å². The number of nitrogens with one attached hydrogen (secondary N) is 1. The Balaban J connectivity index is 1.64. The van der Waals surface area contributed by atoms with Crippen LogP contribution in [0.2, 0.25) is 0 Å². The van der Waals surface area contributed by atoms with Gasteiger partial charge in [0.1, 0.15) is 6.04 Å². The van der Waals surface area contributed by atoms with Crippen molar-refractivity contribution in [2.75, 3.05) is 13.1 Å². The maximum atomic E-state index is 12.6. The Morgan fingerprint density at radius 2 is 2.10 bits per heavy atom. The number of hydrogen-bond acceptors (Lipinski definition) is 2.